The number of carbonyl (C=O) groups excluding carboxylic acids is 2. The van der Waals surface area contributed by atoms with Gasteiger partial charge >= 0.3 is 5.97 Å². The number of anilines is 1. The first-order valence-corrected chi connectivity index (χ1v) is 8.83. The van der Waals surface area contributed by atoms with E-state index in [1.54, 1.807) is 0 Å². The van der Waals surface area contributed by atoms with Crippen LogP contribution in [0.3, 0.4) is 0 Å². The Bertz CT molecular complexity index is 759. The predicted octanol–water partition coefficient (Wildman–Crippen LogP) is 3.05. The molecule has 0 bridgehead atoms. The summed E-state index contributed by atoms with van der Waals surface area (Å²) in [5.41, 5.74) is 0.794. The van der Waals surface area contributed by atoms with Crippen LogP contribution in [-0.4, -0.2) is 43.0 Å². The smallest absolute Gasteiger partial charge is 0.310 e. The molecule has 1 heterocycles. The van der Waals surface area contributed by atoms with Crippen LogP contribution in [0.4, 0.5) is 5.69 Å². The zero-order valence-corrected chi connectivity index (χ0v) is 14.5. The monoisotopic (exact) mass is 340 g/mol. The zero-order chi connectivity index (χ0) is 17.6. The second-order valence-electron chi connectivity index (χ2n) is 6.44. The Morgan fingerprint density at radius 3 is 2.80 bits per heavy atom. The van der Waals surface area contributed by atoms with Crippen LogP contribution in [0.15, 0.2) is 42.5 Å². The third-order valence-electron chi connectivity index (χ3n) is 4.53. The minimum absolute atomic E-state index is 0.0558. The molecular weight excluding hydrogens is 316 g/mol. The summed E-state index contributed by atoms with van der Waals surface area (Å²) >= 11 is 0. The van der Waals surface area contributed by atoms with Gasteiger partial charge in [-0.05, 0) is 49.2 Å². The van der Waals surface area contributed by atoms with Crippen molar-refractivity contribution in [1.29, 1.82) is 0 Å². The highest BCUT2D eigenvalue weighted by molar-refractivity contribution is 5.95. The molecule has 25 heavy (non-hydrogen) atoms. The molecule has 2 aromatic carbocycles. The number of nitrogens with one attached hydrogen (secondary N) is 1. The molecule has 1 aliphatic rings. The summed E-state index contributed by atoms with van der Waals surface area (Å²) in [6.45, 7) is 3.93. The third-order valence-corrected chi connectivity index (χ3v) is 4.53. The number of nitrogens with zero attached hydrogens (tertiary/aromatic N) is 1. The van der Waals surface area contributed by atoms with Crippen molar-refractivity contribution in [2.45, 2.75) is 19.8 Å². The Morgan fingerprint density at radius 1 is 1.20 bits per heavy atom. The summed E-state index contributed by atoms with van der Waals surface area (Å²) in [5.74, 6) is -0.330. The summed E-state index contributed by atoms with van der Waals surface area (Å²) in [6.07, 6.45) is 1.74. The highest BCUT2D eigenvalue weighted by Gasteiger charge is 2.27. The first kappa shape index (κ1) is 17.4. The molecule has 132 valence electrons. The van der Waals surface area contributed by atoms with E-state index in [4.69, 9.17) is 4.74 Å². The minimum atomic E-state index is -0.151. The number of piperidine rings is 1. The Labute approximate surface area is 148 Å². The van der Waals surface area contributed by atoms with Gasteiger partial charge in [-0.15, -0.1) is 0 Å². The lowest BCUT2D eigenvalue weighted by Crippen LogP contribution is -2.43. The first-order chi connectivity index (χ1) is 12.2. The average Bonchev–Trinajstić information content (AvgIpc) is 2.62. The fourth-order valence-electron chi connectivity index (χ4n) is 3.32. The summed E-state index contributed by atoms with van der Waals surface area (Å²) in [5, 5.41) is 5.20. The summed E-state index contributed by atoms with van der Waals surface area (Å²) in [7, 11) is 0. The van der Waals surface area contributed by atoms with E-state index in [2.05, 4.69) is 5.32 Å². The highest BCUT2D eigenvalue weighted by Crippen LogP contribution is 2.20. The number of hydrogen-bond donors (Lipinski definition) is 1. The second-order valence-corrected chi connectivity index (χ2v) is 6.44. The van der Waals surface area contributed by atoms with Crippen LogP contribution in [-0.2, 0) is 14.3 Å². The van der Waals surface area contributed by atoms with Gasteiger partial charge in [0.1, 0.15) is 0 Å². The van der Waals surface area contributed by atoms with Gasteiger partial charge in [-0.25, -0.2) is 0 Å². The maximum atomic E-state index is 12.4. The van der Waals surface area contributed by atoms with Crippen LogP contribution < -0.4 is 5.32 Å². The van der Waals surface area contributed by atoms with E-state index in [9.17, 15) is 9.59 Å². The van der Waals surface area contributed by atoms with Gasteiger partial charge in [-0.2, -0.15) is 0 Å². The van der Waals surface area contributed by atoms with Gasteiger partial charge in [0.05, 0.1) is 19.1 Å². The summed E-state index contributed by atoms with van der Waals surface area (Å²) in [6, 6.07) is 13.9. The number of esters is 1. The maximum absolute atomic E-state index is 12.4. The molecule has 1 aliphatic heterocycles. The molecule has 0 radical (unpaired) electrons. The molecule has 0 spiro atoms. The number of hydrogen-bond acceptors (Lipinski definition) is 4. The van der Waals surface area contributed by atoms with Crippen LogP contribution in [0.5, 0.6) is 0 Å². The van der Waals surface area contributed by atoms with Crippen molar-refractivity contribution in [1.82, 2.24) is 4.90 Å². The largest absolute Gasteiger partial charge is 0.466 e. The molecule has 2 aromatic rings. The Morgan fingerprint density at radius 2 is 2.00 bits per heavy atom. The molecule has 3 rings (SSSR count). The van der Waals surface area contributed by atoms with Gasteiger partial charge in [-0.3, -0.25) is 14.5 Å². The van der Waals surface area contributed by atoms with Gasteiger partial charge in [0.2, 0.25) is 5.91 Å². The van der Waals surface area contributed by atoms with E-state index < -0.39 is 0 Å². The van der Waals surface area contributed by atoms with Crippen molar-refractivity contribution in [3.05, 3.63) is 42.5 Å². The molecule has 1 amide bonds. The predicted molar refractivity (Wildman–Crippen MR) is 98.4 cm³/mol. The van der Waals surface area contributed by atoms with Crippen molar-refractivity contribution in [3.63, 3.8) is 0 Å². The Kier molecular flexibility index (Phi) is 5.66. The van der Waals surface area contributed by atoms with Crippen LogP contribution >= 0.6 is 0 Å². The van der Waals surface area contributed by atoms with Crippen molar-refractivity contribution < 1.29 is 14.3 Å². The number of benzene rings is 2. The standard InChI is InChI=1S/C20H24N2O3/c1-2-25-20(24)17-8-5-11-22(13-17)14-19(23)21-18-10-9-15-6-3-4-7-16(15)12-18/h3-4,6-7,9-10,12,17H,2,5,8,11,13-14H2,1H3,(H,21,23)/t17-/m1/s1. The van der Waals surface area contributed by atoms with Gasteiger partial charge < -0.3 is 10.1 Å². The van der Waals surface area contributed by atoms with Crippen LogP contribution in [0.1, 0.15) is 19.8 Å². The van der Waals surface area contributed by atoms with Gasteiger partial charge in [0.15, 0.2) is 0 Å². The number of likely N-dealkylation sites (tertiary alicyclic amines) is 1. The van der Waals surface area contributed by atoms with Crippen LogP contribution in [0.25, 0.3) is 10.8 Å². The van der Waals surface area contributed by atoms with Gasteiger partial charge in [0.25, 0.3) is 0 Å². The van der Waals surface area contributed by atoms with E-state index in [0.717, 1.165) is 35.8 Å². The Balaban J connectivity index is 1.57. The topological polar surface area (TPSA) is 58.6 Å². The van der Waals surface area contributed by atoms with Crippen molar-refractivity contribution in [2.24, 2.45) is 5.92 Å². The lowest BCUT2D eigenvalue weighted by Gasteiger charge is -2.30. The van der Waals surface area contributed by atoms with Gasteiger partial charge in [-0.1, -0.05) is 30.3 Å². The van der Waals surface area contributed by atoms with Crippen molar-refractivity contribution in [3.8, 4) is 0 Å². The molecular formula is C20H24N2O3. The summed E-state index contributed by atoms with van der Waals surface area (Å²) in [4.78, 5) is 26.3. The molecule has 1 saturated heterocycles. The number of carbonyl (C=O) groups is 2. The number of ether oxygens (including phenoxy) is 1. The van der Waals surface area contributed by atoms with E-state index in [0.29, 0.717) is 19.7 Å². The molecule has 1 N–H and O–H groups in total. The average molecular weight is 340 g/mol. The number of amides is 1. The zero-order valence-electron chi connectivity index (χ0n) is 14.5. The molecule has 0 aromatic heterocycles. The molecule has 0 unspecified atom stereocenters. The second kappa shape index (κ2) is 8.12. The molecule has 0 aliphatic carbocycles. The highest BCUT2D eigenvalue weighted by atomic mass is 16.5. The Hall–Kier alpha value is -2.40. The molecule has 5 nitrogen and oxygen atoms in total. The van der Waals surface area contributed by atoms with E-state index in [-0.39, 0.29) is 17.8 Å². The van der Waals surface area contributed by atoms with Crippen molar-refractivity contribution in [2.75, 3.05) is 31.6 Å². The minimum Gasteiger partial charge on any atom is -0.466 e. The molecule has 1 fully saturated rings. The third kappa shape index (κ3) is 4.57. The lowest BCUT2D eigenvalue weighted by atomic mass is 9.98. The lowest BCUT2D eigenvalue weighted by molar-refractivity contribution is -0.150. The van der Waals surface area contributed by atoms with Crippen LogP contribution in [0.2, 0.25) is 0 Å². The fraction of sp³-hybridized carbons (Fsp3) is 0.400. The number of fused-ring (bicyclic) bond motifs is 1. The molecule has 1 atom stereocenters. The van der Waals surface area contributed by atoms with Crippen molar-refractivity contribution >= 4 is 28.3 Å². The summed E-state index contributed by atoms with van der Waals surface area (Å²) < 4.78 is 5.11. The fourth-order valence-corrected chi connectivity index (χ4v) is 3.32. The van der Waals surface area contributed by atoms with Gasteiger partial charge in [0, 0.05) is 12.2 Å². The quantitative estimate of drug-likeness (QED) is 0.850. The van der Waals surface area contributed by atoms with Crippen LogP contribution in [0, 0.1) is 5.92 Å². The SMILES string of the molecule is CCOC(=O)[C@@H]1CCCN(CC(=O)Nc2ccc3ccccc3c2)C1. The van der Waals surface area contributed by atoms with E-state index in [1.165, 1.54) is 0 Å². The first-order valence-electron chi connectivity index (χ1n) is 8.83. The number of rotatable bonds is 5. The molecule has 5 heteroatoms. The van der Waals surface area contributed by atoms with E-state index >= 15 is 0 Å². The maximum Gasteiger partial charge on any atom is 0.310 e. The molecule has 0 saturated carbocycles. The normalized spacial score (nSPS) is 18.0. The van der Waals surface area contributed by atoms with E-state index in [1.807, 2.05) is 54.3 Å².